The number of benzene rings is 1. The maximum atomic E-state index is 15.5. The van der Waals surface area contributed by atoms with Crippen LogP contribution in [0, 0.1) is 11.8 Å². The number of fused-ring (bicyclic) bond motifs is 1. The predicted octanol–water partition coefficient (Wildman–Crippen LogP) is 2.69. The molecule has 3 aromatic rings. The Hall–Kier alpha value is -2.42. The molecular weight excluding hydrogens is 593 g/mol. The van der Waals surface area contributed by atoms with Gasteiger partial charge in [-0.25, -0.2) is 19.5 Å². The monoisotopic (exact) mass is 613 g/mol. The van der Waals surface area contributed by atoms with Crippen molar-refractivity contribution in [2.24, 2.45) is 17.0 Å². The highest BCUT2D eigenvalue weighted by Crippen LogP contribution is 2.62. The van der Waals surface area contributed by atoms with E-state index in [2.05, 4.69) is 35.4 Å². The molecule has 2 saturated carbocycles. The third-order valence-electron chi connectivity index (χ3n) is 6.84. The molecular formula is C23H22BrClFN5O5S. The van der Waals surface area contributed by atoms with Crippen LogP contribution in [0.2, 0.25) is 5.15 Å². The minimum Gasteiger partial charge on any atom is -0.389 e. The van der Waals surface area contributed by atoms with Crippen LogP contribution >= 0.6 is 27.5 Å². The molecule has 2 aliphatic rings. The fourth-order valence-corrected chi connectivity index (χ4v) is 6.04. The summed E-state index contributed by atoms with van der Waals surface area (Å²) in [6, 6.07) is 8.42. The van der Waals surface area contributed by atoms with Gasteiger partial charge in [-0.2, -0.15) is 8.42 Å². The first kappa shape index (κ1) is 26.2. The molecule has 0 spiro atoms. The molecule has 0 radical (unpaired) electrons. The summed E-state index contributed by atoms with van der Waals surface area (Å²) in [6.07, 6.45) is 2.90. The van der Waals surface area contributed by atoms with E-state index >= 15 is 4.39 Å². The van der Waals surface area contributed by atoms with E-state index in [1.54, 1.807) is 16.8 Å². The van der Waals surface area contributed by atoms with Crippen molar-refractivity contribution in [3.8, 4) is 0 Å². The molecule has 10 nitrogen and oxygen atoms in total. The maximum absolute atomic E-state index is 15.5. The van der Waals surface area contributed by atoms with E-state index in [-0.39, 0.29) is 17.8 Å². The molecule has 0 bridgehead atoms. The van der Waals surface area contributed by atoms with Gasteiger partial charge in [0.05, 0.1) is 24.3 Å². The number of aliphatic hydroxyl groups is 1. The molecule has 5 rings (SSSR count). The summed E-state index contributed by atoms with van der Waals surface area (Å²) in [6.45, 7) is 0.0358. The molecule has 5 atom stereocenters. The van der Waals surface area contributed by atoms with E-state index in [1.165, 1.54) is 12.5 Å². The molecule has 196 valence electrons. The first-order chi connectivity index (χ1) is 17.5. The van der Waals surface area contributed by atoms with Crippen molar-refractivity contribution in [1.29, 1.82) is 0 Å². The van der Waals surface area contributed by atoms with Crippen molar-refractivity contribution in [3.05, 3.63) is 75.4 Å². The SMILES string of the molecule is NS(=O)(=O)OCC1CC2C(Nc3ncncc3C(=O)c3cc(Cl)n(Cc4cccc(Br)c4)c3)C2(F)C1O. The predicted molar refractivity (Wildman–Crippen MR) is 136 cm³/mol. The van der Waals surface area contributed by atoms with Gasteiger partial charge in [-0.15, -0.1) is 0 Å². The molecule has 0 aliphatic heterocycles. The third kappa shape index (κ3) is 5.16. The summed E-state index contributed by atoms with van der Waals surface area (Å²) in [7, 11) is -4.20. The Balaban J connectivity index is 1.30. The van der Waals surface area contributed by atoms with Crippen LogP contribution in [0.1, 0.15) is 27.9 Å². The standard InChI is InChI=1S/C23H22BrClFN5O5S/c24-15-3-1-2-12(4-15)8-31-9-13(6-18(31)25)19(32)16-7-28-11-29-22(16)30-20-17-5-14(10-36-37(27,34)35)21(33)23(17,20)26/h1-4,6-7,9,11,14,17,20-21,33H,5,8,10H2,(H2,27,34,35)(H,28,29,30). The summed E-state index contributed by atoms with van der Waals surface area (Å²) in [5.74, 6) is -1.63. The van der Waals surface area contributed by atoms with Gasteiger partial charge in [0.25, 0.3) is 0 Å². The van der Waals surface area contributed by atoms with Gasteiger partial charge >= 0.3 is 10.3 Å². The number of halogens is 3. The largest absolute Gasteiger partial charge is 0.389 e. The average Bonchev–Trinajstić information content (AvgIpc) is 3.07. The molecule has 37 heavy (non-hydrogen) atoms. The van der Waals surface area contributed by atoms with Crippen molar-refractivity contribution in [2.75, 3.05) is 11.9 Å². The smallest absolute Gasteiger partial charge is 0.333 e. The number of alkyl halides is 1. The molecule has 2 aromatic heterocycles. The lowest BCUT2D eigenvalue weighted by Gasteiger charge is -2.22. The number of anilines is 1. The number of nitrogens with two attached hydrogens (primary N) is 1. The molecule has 0 amide bonds. The van der Waals surface area contributed by atoms with E-state index in [0.717, 1.165) is 10.0 Å². The molecule has 2 heterocycles. The average molecular weight is 615 g/mol. The zero-order chi connectivity index (χ0) is 26.5. The first-order valence-corrected chi connectivity index (χ1v) is 13.9. The van der Waals surface area contributed by atoms with E-state index in [1.807, 2.05) is 24.3 Å². The number of hydrogen-bond acceptors (Lipinski definition) is 8. The lowest BCUT2D eigenvalue weighted by Crippen LogP contribution is -2.37. The lowest BCUT2D eigenvalue weighted by atomic mass is 9.99. The highest BCUT2D eigenvalue weighted by molar-refractivity contribution is 9.10. The Kier molecular flexibility index (Phi) is 6.88. The Morgan fingerprint density at radius 1 is 1.41 bits per heavy atom. The molecule has 5 unspecified atom stereocenters. The van der Waals surface area contributed by atoms with Gasteiger partial charge in [0.1, 0.15) is 17.3 Å². The number of nitrogens with one attached hydrogen (secondary N) is 1. The summed E-state index contributed by atoms with van der Waals surface area (Å²) in [4.78, 5) is 21.4. The van der Waals surface area contributed by atoms with Crippen LogP contribution < -0.4 is 10.5 Å². The molecule has 2 fully saturated rings. The summed E-state index contributed by atoms with van der Waals surface area (Å²) >= 11 is 9.82. The molecule has 2 aliphatic carbocycles. The quantitative estimate of drug-likeness (QED) is 0.312. The van der Waals surface area contributed by atoms with Crippen LogP contribution in [-0.4, -0.2) is 58.3 Å². The van der Waals surface area contributed by atoms with Gasteiger partial charge in [0, 0.05) is 40.8 Å². The second kappa shape index (κ2) is 9.71. The topological polar surface area (TPSA) is 149 Å². The number of carbonyl (C=O) groups excluding carboxylic acids is 1. The number of hydrogen-bond donors (Lipinski definition) is 3. The maximum Gasteiger partial charge on any atom is 0.333 e. The number of carbonyl (C=O) groups is 1. The van der Waals surface area contributed by atoms with Crippen LogP contribution in [-0.2, 0) is 21.0 Å². The van der Waals surface area contributed by atoms with Gasteiger partial charge in [-0.3, -0.25) is 8.98 Å². The zero-order valence-corrected chi connectivity index (χ0v) is 22.2. The van der Waals surface area contributed by atoms with Crippen molar-refractivity contribution < 1.29 is 26.9 Å². The van der Waals surface area contributed by atoms with E-state index in [0.29, 0.717) is 17.3 Å². The third-order valence-corrected chi connectivity index (χ3v) is 8.12. The second-order valence-corrected chi connectivity index (χ2v) is 11.7. The zero-order valence-electron chi connectivity index (χ0n) is 19.1. The fourth-order valence-electron chi connectivity index (χ4n) is 5.00. The normalized spacial score (nSPS) is 26.6. The number of rotatable bonds is 9. The number of ketones is 1. The van der Waals surface area contributed by atoms with Crippen LogP contribution in [0.3, 0.4) is 0 Å². The van der Waals surface area contributed by atoms with Crippen molar-refractivity contribution in [3.63, 3.8) is 0 Å². The van der Waals surface area contributed by atoms with Crippen LogP contribution in [0.5, 0.6) is 0 Å². The minimum atomic E-state index is -4.20. The summed E-state index contributed by atoms with van der Waals surface area (Å²) in [5.41, 5.74) is -0.607. The van der Waals surface area contributed by atoms with E-state index in [4.69, 9.17) is 16.7 Å². The van der Waals surface area contributed by atoms with Gasteiger partial charge in [-0.1, -0.05) is 39.7 Å². The Bertz CT molecular complexity index is 1470. The number of aromatic nitrogens is 3. The number of nitrogens with zero attached hydrogens (tertiary/aromatic N) is 3. The first-order valence-electron chi connectivity index (χ1n) is 11.2. The molecule has 4 N–H and O–H groups in total. The molecule has 0 saturated heterocycles. The summed E-state index contributed by atoms with van der Waals surface area (Å²) in [5, 5.41) is 18.6. The van der Waals surface area contributed by atoms with Crippen LogP contribution in [0.15, 0.2) is 53.5 Å². The van der Waals surface area contributed by atoms with Gasteiger partial charge in [-0.05, 0) is 30.2 Å². The minimum absolute atomic E-state index is 0.121. The van der Waals surface area contributed by atoms with Gasteiger partial charge < -0.3 is 15.0 Å². The summed E-state index contributed by atoms with van der Waals surface area (Å²) < 4.78 is 44.8. The van der Waals surface area contributed by atoms with Gasteiger partial charge in [0.15, 0.2) is 11.5 Å². The van der Waals surface area contributed by atoms with E-state index in [9.17, 15) is 18.3 Å². The van der Waals surface area contributed by atoms with Crippen LogP contribution in [0.4, 0.5) is 10.2 Å². The van der Waals surface area contributed by atoms with Crippen LogP contribution in [0.25, 0.3) is 0 Å². The van der Waals surface area contributed by atoms with Crippen molar-refractivity contribution in [2.45, 2.75) is 30.8 Å². The highest BCUT2D eigenvalue weighted by Gasteiger charge is 2.76. The Labute approximate surface area is 225 Å². The lowest BCUT2D eigenvalue weighted by molar-refractivity contribution is 0.0207. The molecule has 1 aromatic carbocycles. The van der Waals surface area contributed by atoms with Crippen molar-refractivity contribution >= 4 is 49.4 Å². The Morgan fingerprint density at radius 3 is 2.86 bits per heavy atom. The highest BCUT2D eigenvalue weighted by atomic mass is 79.9. The van der Waals surface area contributed by atoms with Crippen molar-refractivity contribution in [1.82, 2.24) is 14.5 Å². The fraction of sp³-hybridized carbons (Fsp3) is 0.348. The van der Waals surface area contributed by atoms with E-state index < -0.39 is 52.3 Å². The second-order valence-electron chi connectivity index (χ2n) is 9.20. The Morgan fingerprint density at radius 2 is 2.19 bits per heavy atom. The molecule has 14 heteroatoms. The van der Waals surface area contributed by atoms with Gasteiger partial charge in [0.2, 0.25) is 0 Å². The number of aliphatic hydroxyl groups excluding tert-OH is 1.